The number of likely N-dealkylation sites (tertiary alicyclic amines) is 1. The fourth-order valence-corrected chi connectivity index (χ4v) is 3.05. The summed E-state index contributed by atoms with van der Waals surface area (Å²) in [5, 5.41) is 0. The standard InChI is InChI=1S/C15H21BrN2O/c1-11(13-2-4-14(16)5-3-13)18-8-6-12(7-9-18)10-15(17)19/h2-5,11-12H,6-10H2,1H3,(H2,17,19)/t11-/m1/s1. The molecule has 0 radical (unpaired) electrons. The largest absolute Gasteiger partial charge is 0.370 e. The molecule has 1 aromatic carbocycles. The van der Waals surface area contributed by atoms with Crippen LogP contribution in [-0.2, 0) is 4.79 Å². The van der Waals surface area contributed by atoms with Gasteiger partial charge in [0.1, 0.15) is 0 Å². The zero-order chi connectivity index (χ0) is 13.8. The minimum absolute atomic E-state index is 0.167. The maximum absolute atomic E-state index is 10.9. The highest BCUT2D eigenvalue weighted by molar-refractivity contribution is 9.10. The van der Waals surface area contributed by atoms with Crippen LogP contribution in [0.3, 0.4) is 0 Å². The minimum atomic E-state index is -0.167. The van der Waals surface area contributed by atoms with E-state index in [-0.39, 0.29) is 5.91 Å². The molecule has 2 rings (SSSR count). The second-order valence-corrected chi connectivity index (χ2v) is 6.29. The van der Waals surface area contributed by atoms with Crippen LogP contribution in [-0.4, -0.2) is 23.9 Å². The van der Waals surface area contributed by atoms with Gasteiger partial charge in [-0.15, -0.1) is 0 Å². The first-order chi connectivity index (χ1) is 9.06. The molecular formula is C15H21BrN2O. The van der Waals surface area contributed by atoms with E-state index in [1.54, 1.807) is 0 Å². The van der Waals surface area contributed by atoms with E-state index in [1.165, 1.54) is 5.56 Å². The lowest BCUT2D eigenvalue weighted by atomic mass is 9.92. The smallest absolute Gasteiger partial charge is 0.217 e. The number of carbonyl (C=O) groups excluding carboxylic acids is 1. The monoisotopic (exact) mass is 324 g/mol. The van der Waals surface area contributed by atoms with Gasteiger partial charge in [-0.2, -0.15) is 0 Å². The van der Waals surface area contributed by atoms with Crippen molar-refractivity contribution in [2.24, 2.45) is 11.7 Å². The van der Waals surface area contributed by atoms with Gasteiger partial charge in [0.2, 0.25) is 5.91 Å². The second kappa shape index (κ2) is 6.53. The van der Waals surface area contributed by atoms with E-state index in [9.17, 15) is 4.79 Å². The Morgan fingerprint density at radius 3 is 2.47 bits per heavy atom. The first kappa shape index (κ1) is 14.5. The first-order valence-corrected chi connectivity index (χ1v) is 7.63. The molecule has 1 aliphatic rings. The molecule has 1 atom stereocenters. The Morgan fingerprint density at radius 2 is 1.95 bits per heavy atom. The van der Waals surface area contributed by atoms with E-state index in [0.29, 0.717) is 18.4 Å². The van der Waals surface area contributed by atoms with Gasteiger partial charge in [-0.3, -0.25) is 9.69 Å². The maximum atomic E-state index is 10.9. The predicted octanol–water partition coefficient (Wildman–Crippen LogP) is 3.10. The zero-order valence-corrected chi connectivity index (χ0v) is 12.9. The van der Waals surface area contributed by atoms with Crippen molar-refractivity contribution in [2.75, 3.05) is 13.1 Å². The van der Waals surface area contributed by atoms with Crippen molar-refractivity contribution in [3.63, 3.8) is 0 Å². The van der Waals surface area contributed by atoms with Gasteiger partial charge >= 0.3 is 0 Å². The molecule has 1 aromatic rings. The number of amides is 1. The molecule has 3 nitrogen and oxygen atoms in total. The van der Waals surface area contributed by atoms with Crippen molar-refractivity contribution in [2.45, 2.75) is 32.2 Å². The van der Waals surface area contributed by atoms with Crippen LogP contribution in [0.5, 0.6) is 0 Å². The van der Waals surface area contributed by atoms with Gasteiger partial charge < -0.3 is 5.73 Å². The van der Waals surface area contributed by atoms with E-state index >= 15 is 0 Å². The highest BCUT2D eigenvalue weighted by Crippen LogP contribution is 2.28. The highest BCUT2D eigenvalue weighted by Gasteiger charge is 2.24. The van der Waals surface area contributed by atoms with Crippen LogP contribution in [0.2, 0.25) is 0 Å². The Bertz CT molecular complexity index is 424. The number of primary amides is 1. The molecule has 1 aliphatic heterocycles. The first-order valence-electron chi connectivity index (χ1n) is 6.84. The van der Waals surface area contributed by atoms with Gasteiger partial charge in [0.25, 0.3) is 0 Å². The van der Waals surface area contributed by atoms with E-state index in [1.807, 2.05) is 0 Å². The molecule has 19 heavy (non-hydrogen) atoms. The summed E-state index contributed by atoms with van der Waals surface area (Å²) in [5.74, 6) is 0.310. The third-order valence-electron chi connectivity index (χ3n) is 4.04. The summed E-state index contributed by atoms with van der Waals surface area (Å²) in [6.45, 7) is 4.35. The van der Waals surface area contributed by atoms with Crippen LogP contribution in [0.25, 0.3) is 0 Å². The van der Waals surface area contributed by atoms with Crippen molar-refractivity contribution < 1.29 is 4.79 Å². The lowest BCUT2D eigenvalue weighted by molar-refractivity contribution is -0.119. The SMILES string of the molecule is C[C@H](c1ccc(Br)cc1)N1CCC(CC(N)=O)CC1. The number of hydrogen-bond acceptors (Lipinski definition) is 2. The van der Waals surface area contributed by atoms with Crippen molar-refractivity contribution >= 4 is 21.8 Å². The summed E-state index contributed by atoms with van der Waals surface area (Å²) in [4.78, 5) is 13.4. The molecule has 1 fully saturated rings. The van der Waals surface area contributed by atoms with E-state index < -0.39 is 0 Å². The number of nitrogens with two attached hydrogens (primary N) is 1. The molecule has 1 saturated heterocycles. The quantitative estimate of drug-likeness (QED) is 0.925. The molecule has 1 heterocycles. The Balaban J connectivity index is 1.90. The van der Waals surface area contributed by atoms with Gasteiger partial charge in [-0.25, -0.2) is 0 Å². The fourth-order valence-electron chi connectivity index (χ4n) is 2.78. The number of carbonyl (C=O) groups is 1. The van der Waals surface area contributed by atoms with Gasteiger partial charge in [0.05, 0.1) is 0 Å². The molecule has 0 aliphatic carbocycles. The Labute approximate surface area is 123 Å². The highest BCUT2D eigenvalue weighted by atomic mass is 79.9. The Kier molecular flexibility index (Phi) is 4.99. The van der Waals surface area contributed by atoms with Crippen LogP contribution < -0.4 is 5.73 Å². The molecule has 4 heteroatoms. The molecule has 0 unspecified atom stereocenters. The number of benzene rings is 1. The third-order valence-corrected chi connectivity index (χ3v) is 4.57. The van der Waals surface area contributed by atoms with Gasteiger partial charge in [0.15, 0.2) is 0 Å². The number of hydrogen-bond donors (Lipinski definition) is 1. The van der Waals surface area contributed by atoms with Crippen LogP contribution >= 0.6 is 15.9 Å². The van der Waals surface area contributed by atoms with E-state index in [0.717, 1.165) is 30.4 Å². The molecule has 0 aromatic heterocycles. The normalized spacial score (nSPS) is 19.3. The maximum Gasteiger partial charge on any atom is 0.217 e. The summed E-state index contributed by atoms with van der Waals surface area (Å²) < 4.78 is 1.11. The molecule has 2 N–H and O–H groups in total. The minimum Gasteiger partial charge on any atom is -0.370 e. The average molecular weight is 325 g/mol. The summed E-state index contributed by atoms with van der Waals surface area (Å²) >= 11 is 3.46. The number of rotatable bonds is 4. The van der Waals surface area contributed by atoms with Crippen molar-refractivity contribution in [3.8, 4) is 0 Å². The van der Waals surface area contributed by atoms with Crippen LogP contribution in [0.1, 0.15) is 37.8 Å². The van der Waals surface area contributed by atoms with E-state index in [2.05, 4.69) is 52.0 Å². The molecule has 0 bridgehead atoms. The summed E-state index contributed by atoms with van der Waals surface area (Å²) in [6.07, 6.45) is 2.69. The molecule has 104 valence electrons. The molecule has 1 amide bonds. The fraction of sp³-hybridized carbons (Fsp3) is 0.533. The van der Waals surface area contributed by atoms with E-state index in [4.69, 9.17) is 5.73 Å². The van der Waals surface area contributed by atoms with Crippen LogP contribution in [0.4, 0.5) is 0 Å². The van der Waals surface area contributed by atoms with Gasteiger partial charge in [0, 0.05) is 16.9 Å². The van der Waals surface area contributed by atoms with Gasteiger partial charge in [-0.1, -0.05) is 28.1 Å². The molecular weight excluding hydrogens is 304 g/mol. The number of halogens is 1. The van der Waals surface area contributed by atoms with Crippen LogP contribution in [0.15, 0.2) is 28.7 Å². The van der Waals surface area contributed by atoms with Gasteiger partial charge in [-0.05, 0) is 56.5 Å². The number of nitrogens with zero attached hydrogens (tertiary/aromatic N) is 1. The third kappa shape index (κ3) is 4.05. The lowest BCUT2D eigenvalue weighted by Gasteiger charge is -2.36. The zero-order valence-electron chi connectivity index (χ0n) is 11.3. The average Bonchev–Trinajstić information content (AvgIpc) is 2.39. The topological polar surface area (TPSA) is 46.3 Å². The van der Waals surface area contributed by atoms with Crippen molar-refractivity contribution in [3.05, 3.63) is 34.3 Å². The Morgan fingerprint density at radius 1 is 1.37 bits per heavy atom. The Hall–Kier alpha value is -0.870. The summed E-state index contributed by atoms with van der Waals surface area (Å²) in [7, 11) is 0. The van der Waals surface area contributed by atoms with Crippen molar-refractivity contribution in [1.29, 1.82) is 0 Å². The lowest BCUT2D eigenvalue weighted by Crippen LogP contribution is -2.36. The second-order valence-electron chi connectivity index (χ2n) is 5.38. The number of piperidine rings is 1. The summed E-state index contributed by atoms with van der Waals surface area (Å²) in [5.41, 5.74) is 6.61. The van der Waals surface area contributed by atoms with Crippen LogP contribution in [0, 0.1) is 5.92 Å². The molecule has 0 saturated carbocycles. The predicted molar refractivity (Wildman–Crippen MR) is 80.7 cm³/mol. The van der Waals surface area contributed by atoms with Crippen molar-refractivity contribution in [1.82, 2.24) is 4.90 Å². The molecule has 0 spiro atoms. The summed E-state index contributed by atoms with van der Waals surface area (Å²) in [6, 6.07) is 8.95.